The largest absolute Gasteiger partial charge is 0.390 e. The maximum absolute atomic E-state index is 9.64. The molecule has 0 atom stereocenters. The summed E-state index contributed by atoms with van der Waals surface area (Å²) >= 11 is 0. The number of benzene rings is 1. The number of aliphatic hydroxyl groups is 1. The minimum absolute atomic E-state index is 0.562. The normalized spacial score (nSPS) is 11.8. The van der Waals surface area contributed by atoms with Gasteiger partial charge in [-0.15, -0.1) is 0 Å². The molecule has 0 fully saturated rings. The van der Waals surface area contributed by atoms with Gasteiger partial charge in [-0.1, -0.05) is 45.9 Å². The molecule has 0 spiro atoms. The van der Waals surface area contributed by atoms with Crippen LogP contribution in [0.2, 0.25) is 0 Å². The summed E-state index contributed by atoms with van der Waals surface area (Å²) in [5, 5.41) is 9.64. The summed E-state index contributed by atoms with van der Waals surface area (Å²) < 4.78 is 0. The van der Waals surface area contributed by atoms with Crippen molar-refractivity contribution in [3.8, 4) is 0 Å². The van der Waals surface area contributed by atoms with Crippen molar-refractivity contribution in [3.63, 3.8) is 0 Å². The van der Waals surface area contributed by atoms with Crippen molar-refractivity contribution in [1.29, 1.82) is 0 Å². The SMILES string of the molecule is CSSCc1ccc(CCC(C)(C)O)cc1. The number of aryl methyl sites for hydroxylation is 1. The molecule has 0 aliphatic rings. The van der Waals surface area contributed by atoms with E-state index in [1.54, 1.807) is 10.8 Å². The average Bonchev–Trinajstić information content (AvgIpc) is 2.24. The number of rotatable bonds is 6. The molecule has 0 saturated carbocycles. The molecule has 0 amide bonds. The Morgan fingerprint density at radius 1 is 1.12 bits per heavy atom. The Labute approximate surface area is 106 Å². The second-order valence-corrected chi connectivity index (χ2v) is 7.12. The third-order valence-electron chi connectivity index (χ3n) is 2.39. The fraction of sp³-hybridized carbons (Fsp3) is 0.538. The molecule has 0 aromatic heterocycles. The predicted molar refractivity (Wildman–Crippen MR) is 75.9 cm³/mol. The lowest BCUT2D eigenvalue weighted by molar-refractivity contribution is 0.0714. The van der Waals surface area contributed by atoms with Crippen LogP contribution in [0.5, 0.6) is 0 Å². The Morgan fingerprint density at radius 2 is 1.69 bits per heavy atom. The summed E-state index contributed by atoms with van der Waals surface area (Å²) in [4.78, 5) is 0. The molecule has 0 radical (unpaired) electrons. The zero-order valence-corrected chi connectivity index (χ0v) is 11.8. The number of hydrogen-bond donors (Lipinski definition) is 1. The van der Waals surface area contributed by atoms with Crippen molar-refractivity contribution in [2.45, 2.75) is 38.0 Å². The van der Waals surface area contributed by atoms with E-state index in [1.165, 1.54) is 11.1 Å². The van der Waals surface area contributed by atoms with E-state index in [9.17, 15) is 5.11 Å². The van der Waals surface area contributed by atoms with E-state index in [-0.39, 0.29) is 0 Å². The van der Waals surface area contributed by atoms with Crippen molar-refractivity contribution in [2.75, 3.05) is 6.26 Å². The first-order valence-electron chi connectivity index (χ1n) is 5.47. The molecule has 1 aromatic carbocycles. The van der Waals surface area contributed by atoms with Gasteiger partial charge in [0.15, 0.2) is 0 Å². The van der Waals surface area contributed by atoms with Crippen LogP contribution in [-0.4, -0.2) is 17.0 Å². The summed E-state index contributed by atoms with van der Waals surface area (Å²) in [6.07, 6.45) is 3.85. The molecule has 90 valence electrons. The molecular weight excluding hydrogens is 236 g/mol. The molecule has 16 heavy (non-hydrogen) atoms. The van der Waals surface area contributed by atoms with Crippen LogP contribution in [0.25, 0.3) is 0 Å². The topological polar surface area (TPSA) is 20.2 Å². The highest BCUT2D eigenvalue weighted by Gasteiger charge is 2.11. The minimum atomic E-state index is -0.562. The highest BCUT2D eigenvalue weighted by Crippen LogP contribution is 2.23. The van der Waals surface area contributed by atoms with Crippen LogP contribution >= 0.6 is 21.6 Å². The van der Waals surface area contributed by atoms with Crippen molar-refractivity contribution < 1.29 is 5.11 Å². The lowest BCUT2D eigenvalue weighted by Gasteiger charge is -2.16. The summed E-state index contributed by atoms with van der Waals surface area (Å²) in [6, 6.07) is 8.70. The van der Waals surface area contributed by atoms with Gasteiger partial charge in [-0.25, -0.2) is 0 Å². The molecule has 1 aromatic rings. The van der Waals surface area contributed by atoms with E-state index in [1.807, 2.05) is 24.6 Å². The summed E-state index contributed by atoms with van der Waals surface area (Å²) in [5.41, 5.74) is 2.11. The molecule has 3 heteroatoms. The van der Waals surface area contributed by atoms with Gasteiger partial charge in [0, 0.05) is 5.75 Å². The molecule has 1 rings (SSSR count). The van der Waals surface area contributed by atoms with Gasteiger partial charge < -0.3 is 5.11 Å². The van der Waals surface area contributed by atoms with Crippen LogP contribution < -0.4 is 0 Å². The Hall–Kier alpha value is -0.120. The number of hydrogen-bond acceptors (Lipinski definition) is 3. The fourth-order valence-corrected chi connectivity index (χ4v) is 2.59. The lowest BCUT2D eigenvalue weighted by Crippen LogP contribution is -2.19. The maximum atomic E-state index is 9.64. The lowest BCUT2D eigenvalue weighted by atomic mass is 9.98. The van der Waals surface area contributed by atoms with Crippen LogP contribution in [0, 0.1) is 0 Å². The third kappa shape index (κ3) is 5.83. The van der Waals surface area contributed by atoms with Crippen molar-refractivity contribution in [2.24, 2.45) is 0 Å². The van der Waals surface area contributed by atoms with Gasteiger partial charge in [-0.05, 0) is 44.1 Å². The van der Waals surface area contributed by atoms with Gasteiger partial charge in [0.25, 0.3) is 0 Å². The molecule has 0 saturated heterocycles. The Morgan fingerprint density at radius 3 is 2.19 bits per heavy atom. The van der Waals surface area contributed by atoms with Crippen LogP contribution in [0.3, 0.4) is 0 Å². The van der Waals surface area contributed by atoms with Gasteiger partial charge in [-0.2, -0.15) is 0 Å². The van der Waals surface area contributed by atoms with Gasteiger partial charge in [0.1, 0.15) is 0 Å². The van der Waals surface area contributed by atoms with Crippen molar-refractivity contribution in [3.05, 3.63) is 35.4 Å². The second-order valence-electron chi connectivity index (χ2n) is 4.56. The first kappa shape index (κ1) is 13.9. The van der Waals surface area contributed by atoms with E-state index in [0.717, 1.165) is 18.6 Å². The monoisotopic (exact) mass is 256 g/mol. The summed E-state index contributed by atoms with van der Waals surface area (Å²) in [5.74, 6) is 1.06. The van der Waals surface area contributed by atoms with E-state index in [0.29, 0.717) is 0 Å². The fourth-order valence-electron chi connectivity index (χ4n) is 1.38. The maximum Gasteiger partial charge on any atom is 0.0594 e. The van der Waals surface area contributed by atoms with Crippen LogP contribution in [0.15, 0.2) is 24.3 Å². The smallest absolute Gasteiger partial charge is 0.0594 e. The summed E-state index contributed by atoms with van der Waals surface area (Å²) in [6.45, 7) is 3.72. The Balaban J connectivity index is 2.45. The highest BCUT2D eigenvalue weighted by atomic mass is 33.1. The summed E-state index contributed by atoms with van der Waals surface area (Å²) in [7, 11) is 3.66. The molecule has 0 aliphatic heterocycles. The quantitative estimate of drug-likeness (QED) is 0.780. The Bertz CT molecular complexity index is 301. The molecular formula is C13H20OS2. The minimum Gasteiger partial charge on any atom is -0.390 e. The van der Waals surface area contributed by atoms with Crippen molar-refractivity contribution in [1.82, 2.24) is 0 Å². The first-order chi connectivity index (χ1) is 7.51. The van der Waals surface area contributed by atoms with Crippen molar-refractivity contribution >= 4 is 21.6 Å². The zero-order valence-electron chi connectivity index (χ0n) is 10.2. The molecule has 0 aliphatic carbocycles. The van der Waals surface area contributed by atoms with Crippen LogP contribution in [0.4, 0.5) is 0 Å². The van der Waals surface area contributed by atoms with E-state index >= 15 is 0 Å². The van der Waals surface area contributed by atoms with Gasteiger partial charge in [-0.3, -0.25) is 0 Å². The van der Waals surface area contributed by atoms with Gasteiger partial charge >= 0.3 is 0 Å². The van der Waals surface area contributed by atoms with E-state index in [4.69, 9.17) is 0 Å². The molecule has 0 heterocycles. The van der Waals surface area contributed by atoms with Gasteiger partial charge in [0.05, 0.1) is 5.60 Å². The molecule has 1 N–H and O–H groups in total. The van der Waals surface area contributed by atoms with E-state index < -0.39 is 5.60 Å². The molecule has 0 unspecified atom stereocenters. The zero-order chi connectivity index (χ0) is 12.0. The first-order valence-corrected chi connectivity index (χ1v) is 8.20. The van der Waals surface area contributed by atoms with Gasteiger partial charge in [0.2, 0.25) is 0 Å². The standard InChI is InChI=1S/C13H20OS2/c1-13(2,14)9-8-11-4-6-12(7-5-11)10-16-15-3/h4-7,14H,8-10H2,1-3H3. The van der Waals surface area contributed by atoms with Crippen LogP contribution in [-0.2, 0) is 12.2 Å². The average molecular weight is 256 g/mol. The molecule has 0 bridgehead atoms. The third-order valence-corrected chi connectivity index (χ3v) is 4.14. The highest BCUT2D eigenvalue weighted by molar-refractivity contribution is 8.76. The van der Waals surface area contributed by atoms with E-state index in [2.05, 4.69) is 30.5 Å². The second kappa shape index (κ2) is 6.58. The van der Waals surface area contributed by atoms with Crippen LogP contribution in [0.1, 0.15) is 31.4 Å². The predicted octanol–water partition coefficient (Wildman–Crippen LogP) is 3.90. The molecule has 1 nitrogen and oxygen atoms in total. The Kier molecular flexibility index (Phi) is 5.73.